The van der Waals surface area contributed by atoms with Gasteiger partial charge in [0.25, 0.3) is 5.91 Å². The highest BCUT2D eigenvalue weighted by Gasteiger charge is 2.35. The van der Waals surface area contributed by atoms with Crippen molar-refractivity contribution in [2.45, 2.75) is 6.42 Å². The molecule has 3 aromatic rings. The van der Waals surface area contributed by atoms with E-state index in [1.54, 1.807) is 24.1 Å². The van der Waals surface area contributed by atoms with Gasteiger partial charge in [0.15, 0.2) is 0 Å². The van der Waals surface area contributed by atoms with Crippen LogP contribution >= 0.6 is 0 Å². The molecule has 0 aliphatic carbocycles. The molecule has 2 aromatic carbocycles. The lowest BCUT2D eigenvalue weighted by Crippen LogP contribution is -2.38. The van der Waals surface area contributed by atoms with Crippen LogP contribution in [0.1, 0.15) is 16.9 Å². The summed E-state index contributed by atoms with van der Waals surface area (Å²) in [5.74, 6) is -0.254. The van der Waals surface area contributed by atoms with Crippen molar-refractivity contribution in [1.82, 2.24) is 15.2 Å². The fourth-order valence-electron chi connectivity index (χ4n) is 4.01. The Morgan fingerprint density at radius 3 is 2.62 bits per heavy atom. The summed E-state index contributed by atoms with van der Waals surface area (Å²) >= 11 is 0. The molecule has 8 heteroatoms. The fourth-order valence-corrected chi connectivity index (χ4v) is 4.01. The Hall–Kier alpha value is -3.81. The molecular weight excluding hydrogens is 408 g/mol. The van der Waals surface area contributed by atoms with Crippen LogP contribution in [0.5, 0.6) is 5.75 Å². The molecule has 32 heavy (non-hydrogen) atoms. The van der Waals surface area contributed by atoms with E-state index >= 15 is 0 Å². The summed E-state index contributed by atoms with van der Waals surface area (Å²) < 4.78 is 7.06. The molecule has 1 aliphatic rings. The van der Waals surface area contributed by atoms with Gasteiger partial charge in [0, 0.05) is 55.8 Å². The average molecular weight is 434 g/mol. The first-order valence-corrected chi connectivity index (χ1v) is 10.5. The Labute approximate surface area is 186 Å². The number of amides is 3. The lowest BCUT2D eigenvalue weighted by atomic mass is 10.1. The maximum absolute atomic E-state index is 12.5. The van der Waals surface area contributed by atoms with E-state index in [4.69, 9.17) is 4.74 Å². The summed E-state index contributed by atoms with van der Waals surface area (Å²) in [5.41, 5.74) is 2.26. The van der Waals surface area contributed by atoms with Gasteiger partial charge < -0.3 is 24.8 Å². The number of methoxy groups -OCH3 is 1. The highest BCUT2D eigenvalue weighted by molar-refractivity contribution is 6.00. The summed E-state index contributed by atoms with van der Waals surface area (Å²) in [6.07, 6.45) is 0.158. The van der Waals surface area contributed by atoms with Crippen LogP contribution < -0.4 is 20.3 Å². The van der Waals surface area contributed by atoms with Crippen molar-refractivity contribution < 1.29 is 19.1 Å². The molecule has 0 saturated carbocycles. The predicted molar refractivity (Wildman–Crippen MR) is 122 cm³/mol. The number of anilines is 1. The summed E-state index contributed by atoms with van der Waals surface area (Å²) in [4.78, 5) is 39.1. The molecule has 0 unspecified atom stereocenters. The molecule has 1 saturated heterocycles. The molecule has 0 radical (unpaired) electrons. The molecule has 1 aliphatic heterocycles. The minimum absolute atomic E-state index is 0.0949. The molecule has 4 rings (SSSR count). The number of hydrogen-bond acceptors (Lipinski definition) is 4. The summed E-state index contributed by atoms with van der Waals surface area (Å²) in [5, 5.41) is 6.66. The van der Waals surface area contributed by atoms with Gasteiger partial charge in [0.1, 0.15) is 11.4 Å². The van der Waals surface area contributed by atoms with Gasteiger partial charge in [-0.1, -0.05) is 24.3 Å². The zero-order chi connectivity index (χ0) is 22.7. The van der Waals surface area contributed by atoms with Crippen molar-refractivity contribution in [3.05, 3.63) is 60.3 Å². The van der Waals surface area contributed by atoms with Crippen LogP contribution in [-0.4, -0.2) is 49.0 Å². The van der Waals surface area contributed by atoms with Gasteiger partial charge in [0.05, 0.1) is 13.0 Å². The topological polar surface area (TPSA) is 92.7 Å². The second kappa shape index (κ2) is 9.13. The minimum atomic E-state index is -0.428. The molecule has 1 fully saturated rings. The number of para-hydroxylation sites is 1. The van der Waals surface area contributed by atoms with Gasteiger partial charge >= 0.3 is 0 Å². The number of hydrogen-bond donors (Lipinski definition) is 2. The average Bonchev–Trinajstić information content (AvgIpc) is 3.37. The van der Waals surface area contributed by atoms with Gasteiger partial charge in [-0.25, -0.2) is 0 Å². The Kier molecular flexibility index (Phi) is 6.11. The Bertz CT molecular complexity index is 1170. The maximum atomic E-state index is 12.5. The van der Waals surface area contributed by atoms with Gasteiger partial charge in [0.2, 0.25) is 11.8 Å². The van der Waals surface area contributed by atoms with Crippen LogP contribution in [0.25, 0.3) is 10.9 Å². The third kappa shape index (κ3) is 4.30. The van der Waals surface area contributed by atoms with Crippen LogP contribution in [-0.2, 0) is 16.6 Å². The zero-order valence-electron chi connectivity index (χ0n) is 18.1. The first-order chi connectivity index (χ1) is 15.5. The molecular formula is C24H26N4O4. The maximum Gasteiger partial charge on any atom is 0.267 e. The van der Waals surface area contributed by atoms with Gasteiger partial charge in [-0.15, -0.1) is 0 Å². The molecule has 0 spiro atoms. The minimum Gasteiger partial charge on any atom is -0.497 e. The molecule has 1 aromatic heterocycles. The van der Waals surface area contributed by atoms with E-state index in [9.17, 15) is 14.4 Å². The Morgan fingerprint density at radius 2 is 1.84 bits per heavy atom. The van der Waals surface area contributed by atoms with Crippen LogP contribution in [0.3, 0.4) is 0 Å². The summed E-state index contributed by atoms with van der Waals surface area (Å²) in [7, 11) is 3.42. The fraction of sp³-hybridized carbons (Fsp3) is 0.292. The Balaban J connectivity index is 1.27. The van der Waals surface area contributed by atoms with E-state index in [1.807, 2.05) is 54.1 Å². The third-order valence-corrected chi connectivity index (χ3v) is 5.75. The number of nitrogens with zero attached hydrogens (tertiary/aromatic N) is 2. The first-order valence-electron chi connectivity index (χ1n) is 10.5. The van der Waals surface area contributed by atoms with Crippen molar-refractivity contribution in [2.75, 3.05) is 31.6 Å². The van der Waals surface area contributed by atoms with Crippen LogP contribution in [0, 0.1) is 5.92 Å². The number of fused-ring (bicyclic) bond motifs is 1. The molecule has 0 bridgehead atoms. The molecule has 2 heterocycles. The normalized spacial score (nSPS) is 15.8. The van der Waals surface area contributed by atoms with E-state index in [0.717, 1.165) is 10.9 Å². The second-order valence-corrected chi connectivity index (χ2v) is 7.80. The number of ether oxygens (including phenoxy) is 1. The van der Waals surface area contributed by atoms with Crippen molar-refractivity contribution in [3.63, 3.8) is 0 Å². The number of nitrogens with one attached hydrogen (secondary N) is 2. The van der Waals surface area contributed by atoms with E-state index in [2.05, 4.69) is 10.6 Å². The number of aryl methyl sites for hydroxylation is 1. The molecule has 1 atom stereocenters. The van der Waals surface area contributed by atoms with E-state index in [0.29, 0.717) is 36.8 Å². The van der Waals surface area contributed by atoms with Crippen LogP contribution in [0.4, 0.5) is 5.69 Å². The number of benzene rings is 2. The first kappa shape index (κ1) is 21.4. The number of rotatable bonds is 7. The van der Waals surface area contributed by atoms with E-state index in [1.165, 1.54) is 0 Å². The van der Waals surface area contributed by atoms with Crippen LogP contribution in [0.15, 0.2) is 54.6 Å². The van der Waals surface area contributed by atoms with Gasteiger partial charge in [-0.05, 0) is 24.3 Å². The SMILES string of the molecule is COc1cccc(N2C[C@@H](C(=O)NCCNC(=O)c3cc4ccccc4n3C)CC2=O)c1. The van der Waals surface area contributed by atoms with Gasteiger partial charge in [-0.3, -0.25) is 14.4 Å². The number of carbonyl (C=O) groups is 3. The lowest BCUT2D eigenvalue weighted by Gasteiger charge is -2.17. The Morgan fingerprint density at radius 1 is 1.06 bits per heavy atom. The molecule has 166 valence electrons. The molecule has 3 amide bonds. The van der Waals surface area contributed by atoms with E-state index in [-0.39, 0.29) is 24.1 Å². The van der Waals surface area contributed by atoms with Crippen molar-refractivity contribution in [1.29, 1.82) is 0 Å². The summed E-state index contributed by atoms with van der Waals surface area (Å²) in [6, 6.07) is 16.9. The largest absolute Gasteiger partial charge is 0.497 e. The van der Waals surface area contributed by atoms with E-state index < -0.39 is 5.92 Å². The van der Waals surface area contributed by atoms with Gasteiger partial charge in [-0.2, -0.15) is 0 Å². The second-order valence-electron chi connectivity index (χ2n) is 7.80. The zero-order valence-corrected chi connectivity index (χ0v) is 18.1. The lowest BCUT2D eigenvalue weighted by molar-refractivity contribution is -0.126. The van der Waals surface area contributed by atoms with Crippen molar-refractivity contribution in [3.8, 4) is 5.75 Å². The molecule has 8 nitrogen and oxygen atoms in total. The van der Waals surface area contributed by atoms with Crippen molar-refractivity contribution in [2.24, 2.45) is 13.0 Å². The smallest absolute Gasteiger partial charge is 0.267 e. The number of carbonyl (C=O) groups excluding carboxylic acids is 3. The molecule has 2 N–H and O–H groups in total. The highest BCUT2D eigenvalue weighted by Crippen LogP contribution is 2.28. The summed E-state index contributed by atoms with van der Waals surface area (Å²) in [6.45, 7) is 0.908. The quantitative estimate of drug-likeness (QED) is 0.557. The van der Waals surface area contributed by atoms with Crippen molar-refractivity contribution >= 4 is 34.3 Å². The highest BCUT2D eigenvalue weighted by atomic mass is 16.5. The third-order valence-electron chi connectivity index (χ3n) is 5.75. The van der Waals surface area contributed by atoms with Crippen LogP contribution in [0.2, 0.25) is 0 Å². The predicted octanol–water partition coefficient (Wildman–Crippen LogP) is 2.09. The standard InChI is InChI=1S/C24H26N4O4/c1-27-20-9-4-3-6-16(20)12-21(27)24(31)26-11-10-25-23(30)17-13-22(29)28(15-17)18-7-5-8-19(14-18)32-2/h3-9,12,14,17H,10-11,13,15H2,1-2H3,(H,25,30)(H,26,31)/t17-/m0/s1. The number of aromatic nitrogens is 1. The monoisotopic (exact) mass is 434 g/mol.